The lowest BCUT2D eigenvalue weighted by molar-refractivity contribution is -0.137. The van der Waals surface area contributed by atoms with Gasteiger partial charge >= 0.3 is 5.97 Å². The third kappa shape index (κ3) is 3.34. The Labute approximate surface area is 106 Å². The fourth-order valence-electron chi connectivity index (χ4n) is 1.52. The summed E-state index contributed by atoms with van der Waals surface area (Å²) >= 11 is 0. The van der Waals surface area contributed by atoms with Crippen molar-refractivity contribution < 1.29 is 23.1 Å². The number of aryl methyl sites for hydroxylation is 1. The van der Waals surface area contributed by atoms with Gasteiger partial charge in [0.1, 0.15) is 0 Å². The lowest BCUT2D eigenvalue weighted by Crippen LogP contribution is -1.97. The summed E-state index contributed by atoms with van der Waals surface area (Å²) in [5.41, 5.74) is 0.105. The number of halogens is 2. The number of aromatic nitrogens is 2. The Morgan fingerprint density at radius 1 is 1.26 bits per heavy atom. The zero-order valence-electron chi connectivity index (χ0n) is 9.77. The molecule has 0 fully saturated rings. The fourth-order valence-corrected chi connectivity index (χ4v) is 1.52. The number of nitrogens with zero attached hydrogens (tertiary/aromatic N) is 2. The van der Waals surface area contributed by atoms with Crippen molar-refractivity contribution in [1.29, 1.82) is 0 Å². The Hall–Kier alpha value is -2.31. The molecule has 0 amide bonds. The van der Waals surface area contributed by atoms with Crippen molar-refractivity contribution in [3.63, 3.8) is 0 Å². The van der Waals surface area contributed by atoms with Crippen LogP contribution >= 0.6 is 0 Å². The summed E-state index contributed by atoms with van der Waals surface area (Å²) in [4.78, 5) is 10.4. The molecule has 0 bridgehead atoms. The molecule has 100 valence electrons. The maximum atomic E-state index is 13.4. The highest BCUT2D eigenvalue weighted by atomic mass is 19.2. The Bertz CT molecular complexity index is 598. The van der Waals surface area contributed by atoms with Gasteiger partial charge in [-0.3, -0.25) is 4.79 Å². The van der Waals surface area contributed by atoms with Crippen LogP contribution in [0.1, 0.15) is 23.8 Å². The van der Waals surface area contributed by atoms with E-state index >= 15 is 0 Å². The smallest absolute Gasteiger partial charge is 0.303 e. The molecule has 0 radical (unpaired) electrons. The summed E-state index contributed by atoms with van der Waals surface area (Å²) < 4.78 is 31.6. The van der Waals surface area contributed by atoms with Crippen LogP contribution in [-0.4, -0.2) is 21.3 Å². The number of carboxylic acid groups (broad SMARTS) is 1. The van der Waals surface area contributed by atoms with Crippen molar-refractivity contribution in [2.24, 2.45) is 0 Å². The first kappa shape index (κ1) is 13.1. The van der Waals surface area contributed by atoms with Crippen molar-refractivity contribution in [2.75, 3.05) is 0 Å². The highest BCUT2D eigenvalue weighted by Crippen LogP contribution is 2.15. The van der Waals surface area contributed by atoms with Crippen molar-refractivity contribution in [3.05, 3.63) is 47.2 Å². The van der Waals surface area contributed by atoms with Crippen LogP contribution in [0.15, 0.2) is 22.6 Å². The molecule has 5 nitrogen and oxygen atoms in total. The molecule has 0 unspecified atom stereocenters. The number of rotatable bonds is 5. The molecule has 1 aromatic carbocycles. The minimum absolute atomic E-state index is 0.0380. The van der Waals surface area contributed by atoms with E-state index in [9.17, 15) is 13.6 Å². The lowest BCUT2D eigenvalue weighted by Gasteiger charge is -1.99. The second-order valence-corrected chi connectivity index (χ2v) is 3.87. The largest absolute Gasteiger partial charge is 0.481 e. The molecule has 0 spiro atoms. The van der Waals surface area contributed by atoms with E-state index in [4.69, 9.17) is 9.52 Å². The summed E-state index contributed by atoms with van der Waals surface area (Å²) in [5, 5.41) is 15.8. The summed E-state index contributed by atoms with van der Waals surface area (Å²) in [6.45, 7) is 0. The monoisotopic (exact) mass is 268 g/mol. The third-order valence-electron chi connectivity index (χ3n) is 2.43. The minimum atomic E-state index is -0.976. The Balaban J connectivity index is 2.07. The Morgan fingerprint density at radius 3 is 2.74 bits per heavy atom. The molecule has 1 aromatic heterocycles. The molecule has 0 saturated heterocycles. The maximum Gasteiger partial charge on any atom is 0.303 e. The third-order valence-corrected chi connectivity index (χ3v) is 2.43. The molecule has 0 saturated carbocycles. The van der Waals surface area contributed by atoms with Gasteiger partial charge in [0.2, 0.25) is 11.8 Å². The predicted molar refractivity (Wildman–Crippen MR) is 59.4 cm³/mol. The maximum absolute atomic E-state index is 13.4. The van der Waals surface area contributed by atoms with Crippen LogP contribution < -0.4 is 0 Å². The van der Waals surface area contributed by atoms with E-state index in [0.29, 0.717) is 0 Å². The van der Waals surface area contributed by atoms with Crippen LogP contribution in [0, 0.1) is 11.6 Å². The van der Waals surface area contributed by atoms with Gasteiger partial charge in [-0.1, -0.05) is 12.1 Å². The normalized spacial score (nSPS) is 10.6. The minimum Gasteiger partial charge on any atom is -0.481 e. The van der Waals surface area contributed by atoms with Gasteiger partial charge in [0, 0.05) is 12.0 Å². The van der Waals surface area contributed by atoms with Crippen LogP contribution in [-0.2, 0) is 17.6 Å². The number of hydrogen-bond donors (Lipinski definition) is 1. The molecule has 1 N–H and O–H groups in total. The first-order valence-corrected chi connectivity index (χ1v) is 5.52. The topological polar surface area (TPSA) is 76.2 Å². The fraction of sp³-hybridized carbons (Fsp3) is 0.250. The van der Waals surface area contributed by atoms with Crippen molar-refractivity contribution in [2.45, 2.75) is 19.3 Å². The predicted octanol–water partition coefficient (Wildman–Crippen LogP) is 1.96. The molecule has 0 atom stereocenters. The number of benzene rings is 1. The quantitative estimate of drug-likeness (QED) is 0.897. The molecule has 0 aliphatic rings. The van der Waals surface area contributed by atoms with Gasteiger partial charge in [0.05, 0.1) is 12.8 Å². The summed E-state index contributed by atoms with van der Waals surface area (Å²) in [7, 11) is 0. The van der Waals surface area contributed by atoms with Crippen LogP contribution in [0.5, 0.6) is 0 Å². The van der Waals surface area contributed by atoms with E-state index in [2.05, 4.69) is 10.2 Å². The van der Waals surface area contributed by atoms with Gasteiger partial charge in [-0.2, -0.15) is 0 Å². The van der Waals surface area contributed by atoms with E-state index in [0.717, 1.165) is 6.07 Å². The van der Waals surface area contributed by atoms with E-state index in [-0.39, 0.29) is 36.6 Å². The SMILES string of the molecule is O=C(O)CCc1nnc(Cc2cccc(F)c2F)o1. The molecule has 19 heavy (non-hydrogen) atoms. The zero-order valence-corrected chi connectivity index (χ0v) is 9.77. The average Bonchev–Trinajstić information content (AvgIpc) is 2.80. The van der Waals surface area contributed by atoms with Crippen LogP contribution in [0.2, 0.25) is 0 Å². The van der Waals surface area contributed by atoms with Crippen LogP contribution in [0.3, 0.4) is 0 Å². The molecular formula is C12H10F2N2O3. The number of hydrogen-bond acceptors (Lipinski definition) is 4. The van der Waals surface area contributed by atoms with Crippen molar-refractivity contribution in [1.82, 2.24) is 10.2 Å². The van der Waals surface area contributed by atoms with Crippen LogP contribution in [0.4, 0.5) is 8.78 Å². The molecule has 1 heterocycles. The first-order valence-electron chi connectivity index (χ1n) is 5.52. The van der Waals surface area contributed by atoms with E-state index < -0.39 is 17.6 Å². The highest BCUT2D eigenvalue weighted by Gasteiger charge is 2.13. The number of carboxylic acids is 1. The second kappa shape index (κ2) is 5.55. The molecular weight excluding hydrogens is 258 g/mol. The first-order chi connectivity index (χ1) is 9.06. The lowest BCUT2D eigenvalue weighted by atomic mass is 10.1. The molecule has 2 aromatic rings. The van der Waals surface area contributed by atoms with E-state index in [1.54, 1.807) is 0 Å². The van der Waals surface area contributed by atoms with Crippen molar-refractivity contribution in [3.8, 4) is 0 Å². The van der Waals surface area contributed by atoms with Crippen molar-refractivity contribution >= 4 is 5.97 Å². The molecule has 2 rings (SSSR count). The van der Waals surface area contributed by atoms with Gasteiger partial charge in [-0.25, -0.2) is 8.78 Å². The summed E-state index contributed by atoms with van der Waals surface area (Å²) in [5.74, 6) is -2.59. The Kier molecular flexibility index (Phi) is 3.84. The van der Waals surface area contributed by atoms with E-state index in [1.807, 2.05) is 0 Å². The van der Waals surface area contributed by atoms with Gasteiger partial charge in [-0.05, 0) is 6.07 Å². The van der Waals surface area contributed by atoms with Gasteiger partial charge in [0.25, 0.3) is 0 Å². The zero-order chi connectivity index (χ0) is 13.8. The number of carbonyl (C=O) groups is 1. The Morgan fingerprint density at radius 2 is 2.00 bits per heavy atom. The number of aliphatic carboxylic acids is 1. The standard InChI is InChI=1S/C12H10F2N2O3/c13-8-3-1-2-7(12(8)14)6-10-16-15-9(19-10)4-5-11(17)18/h1-3H,4-6H2,(H,17,18). The van der Waals surface area contributed by atoms with E-state index in [1.165, 1.54) is 12.1 Å². The van der Waals surface area contributed by atoms with Gasteiger partial charge in [0.15, 0.2) is 11.6 Å². The summed E-state index contributed by atoms with van der Waals surface area (Å²) in [6, 6.07) is 3.82. The average molecular weight is 268 g/mol. The van der Waals surface area contributed by atoms with Crippen LogP contribution in [0.25, 0.3) is 0 Å². The van der Waals surface area contributed by atoms with Gasteiger partial charge in [-0.15, -0.1) is 10.2 Å². The highest BCUT2D eigenvalue weighted by molar-refractivity contribution is 5.66. The second-order valence-electron chi connectivity index (χ2n) is 3.87. The molecule has 0 aliphatic carbocycles. The summed E-state index contributed by atoms with van der Waals surface area (Å²) in [6.07, 6.45) is -0.0619. The van der Waals surface area contributed by atoms with Gasteiger partial charge < -0.3 is 9.52 Å². The molecule has 7 heteroatoms. The molecule has 0 aliphatic heterocycles.